The zero-order chi connectivity index (χ0) is 19.9. The molecule has 28 heavy (non-hydrogen) atoms. The number of nitrogens with zero attached hydrogens (tertiary/aromatic N) is 2. The van der Waals surface area contributed by atoms with E-state index in [1.54, 1.807) is 67.8 Å². The molecular weight excluding hydrogens is 360 g/mol. The van der Waals surface area contributed by atoms with Gasteiger partial charge in [-0.1, -0.05) is 12.1 Å². The largest absolute Gasteiger partial charge is 0.497 e. The van der Waals surface area contributed by atoms with Crippen LogP contribution in [0.5, 0.6) is 11.5 Å². The Morgan fingerprint density at radius 1 is 0.893 bits per heavy atom. The number of methoxy groups -OCH3 is 1. The first kappa shape index (κ1) is 18.9. The molecule has 0 aliphatic heterocycles. The maximum Gasteiger partial charge on any atom is 0.335 e. The number of hydrogen-bond acceptors (Lipinski definition) is 5. The molecule has 0 fully saturated rings. The summed E-state index contributed by atoms with van der Waals surface area (Å²) < 4.78 is 10.8. The Morgan fingerprint density at radius 3 is 1.89 bits per heavy atom. The fraction of sp³-hybridized carbons (Fsp3) is 0.0952. The minimum atomic E-state index is -0.965. The number of rotatable bonds is 8. The molecule has 0 saturated carbocycles. The van der Waals surface area contributed by atoms with E-state index in [4.69, 9.17) is 14.6 Å². The summed E-state index contributed by atoms with van der Waals surface area (Å²) in [7, 11) is 1.57. The van der Waals surface area contributed by atoms with Gasteiger partial charge >= 0.3 is 5.97 Å². The van der Waals surface area contributed by atoms with Gasteiger partial charge in [0.1, 0.15) is 18.1 Å². The molecule has 142 valence electrons. The Kier molecular flexibility index (Phi) is 5.86. The number of carboxylic acid groups (broad SMARTS) is 1. The summed E-state index contributed by atoms with van der Waals surface area (Å²) in [5.41, 5.74) is 2.29. The van der Waals surface area contributed by atoms with Gasteiger partial charge < -0.3 is 14.6 Å². The second kappa shape index (κ2) is 8.68. The van der Waals surface area contributed by atoms with Crippen molar-refractivity contribution in [2.24, 2.45) is 5.29 Å². The van der Waals surface area contributed by atoms with Crippen LogP contribution in [0.3, 0.4) is 0 Å². The van der Waals surface area contributed by atoms with E-state index >= 15 is 0 Å². The molecule has 1 N–H and O–H groups in total. The van der Waals surface area contributed by atoms with Gasteiger partial charge in [0, 0.05) is 0 Å². The van der Waals surface area contributed by atoms with E-state index in [9.17, 15) is 9.70 Å². The van der Waals surface area contributed by atoms with Gasteiger partial charge in [0.2, 0.25) is 0 Å². The van der Waals surface area contributed by atoms with Crippen LogP contribution in [0.2, 0.25) is 0 Å². The maximum atomic E-state index is 11.3. The van der Waals surface area contributed by atoms with Crippen LogP contribution < -0.4 is 14.5 Å². The molecule has 0 atom stereocenters. The van der Waals surface area contributed by atoms with Gasteiger partial charge in [0.25, 0.3) is 0 Å². The van der Waals surface area contributed by atoms with Crippen LogP contribution in [-0.4, -0.2) is 18.2 Å². The molecule has 7 nitrogen and oxygen atoms in total. The van der Waals surface area contributed by atoms with Crippen molar-refractivity contribution in [2.45, 2.75) is 6.61 Å². The van der Waals surface area contributed by atoms with E-state index in [1.165, 1.54) is 17.1 Å². The van der Waals surface area contributed by atoms with Crippen molar-refractivity contribution >= 4 is 17.3 Å². The highest BCUT2D eigenvalue weighted by atomic mass is 16.5. The molecule has 0 aliphatic rings. The lowest BCUT2D eigenvalue weighted by Crippen LogP contribution is -2.07. The predicted molar refractivity (Wildman–Crippen MR) is 105 cm³/mol. The monoisotopic (exact) mass is 378 g/mol. The zero-order valence-corrected chi connectivity index (χ0v) is 15.1. The first-order chi connectivity index (χ1) is 13.6. The van der Waals surface area contributed by atoms with Crippen LogP contribution in [0.4, 0.5) is 11.4 Å². The number of ether oxygens (including phenoxy) is 2. The summed E-state index contributed by atoms with van der Waals surface area (Å²) >= 11 is 0. The topological polar surface area (TPSA) is 88.4 Å². The van der Waals surface area contributed by atoms with Crippen molar-refractivity contribution in [1.29, 1.82) is 0 Å². The number of anilines is 2. The Bertz CT molecular complexity index is 938. The summed E-state index contributed by atoms with van der Waals surface area (Å²) in [6.45, 7) is 0.299. The highest BCUT2D eigenvalue weighted by Crippen LogP contribution is 2.29. The predicted octanol–water partition coefficient (Wildman–Crippen LogP) is 4.79. The Balaban J connectivity index is 1.66. The van der Waals surface area contributed by atoms with E-state index < -0.39 is 5.97 Å². The standard InChI is InChI=1S/C21H18N2O5/c1-27-19-10-6-17(7-11-19)23(22-26)18-8-12-20(13-9-18)28-14-15-2-4-16(5-3-15)21(24)25/h2-13H,14H2,1H3,(H,24,25). The molecular formula is C21H18N2O5. The van der Waals surface area contributed by atoms with E-state index in [1.807, 2.05) is 0 Å². The van der Waals surface area contributed by atoms with E-state index in [2.05, 4.69) is 5.29 Å². The van der Waals surface area contributed by atoms with Crippen molar-refractivity contribution in [1.82, 2.24) is 0 Å². The molecule has 0 spiro atoms. The molecule has 7 heteroatoms. The molecule has 0 radical (unpaired) electrons. The lowest BCUT2D eigenvalue weighted by atomic mass is 10.1. The minimum absolute atomic E-state index is 0.230. The van der Waals surface area contributed by atoms with Gasteiger partial charge in [0.05, 0.1) is 29.3 Å². The highest BCUT2D eigenvalue weighted by molar-refractivity contribution is 5.87. The second-order valence-electron chi connectivity index (χ2n) is 5.88. The van der Waals surface area contributed by atoms with Gasteiger partial charge in [-0.25, -0.2) is 4.79 Å². The van der Waals surface area contributed by atoms with Gasteiger partial charge in [-0.3, -0.25) is 0 Å². The lowest BCUT2D eigenvalue weighted by Gasteiger charge is -2.16. The van der Waals surface area contributed by atoms with E-state index in [0.717, 1.165) is 5.56 Å². The molecule has 3 aromatic carbocycles. The molecule has 3 rings (SSSR count). The SMILES string of the molecule is COc1ccc(N(N=O)c2ccc(OCc3ccc(C(=O)O)cc3)cc2)cc1. The number of hydrogen-bond donors (Lipinski definition) is 1. The van der Waals surface area contributed by atoms with E-state index in [-0.39, 0.29) is 5.56 Å². The lowest BCUT2D eigenvalue weighted by molar-refractivity contribution is 0.0697. The van der Waals surface area contributed by atoms with Crippen LogP contribution in [0.1, 0.15) is 15.9 Å². The summed E-state index contributed by atoms with van der Waals surface area (Å²) in [5, 5.41) is 13.3. The van der Waals surface area contributed by atoms with Crippen LogP contribution in [0, 0.1) is 4.91 Å². The third-order valence-electron chi connectivity index (χ3n) is 4.09. The summed E-state index contributed by atoms with van der Waals surface area (Å²) in [6, 6.07) is 20.4. The number of nitroso groups, excluding NO2 is 1. The van der Waals surface area contributed by atoms with Gasteiger partial charge in [-0.15, -0.1) is 4.91 Å². The molecule has 0 bridgehead atoms. The van der Waals surface area contributed by atoms with Crippen molar-refractivity contribution in [3.8, 4) is 11.5 Å². The molecule has 0 aliphatic carbocycles. The zero-order valence-electron chi connectivity index (χ0n) is 15.1. The summed E-state index contributed by atoms with van der Waals surface area (Å²) in [4.78, 5) is 22.2. The molecule has 3 aromatic rings. The van der Waals surface area contributed by atoms with Crippen LogP contribution in [0.25, 0.3) is 0 Å². The van der Waals surface area contributed by atoms with Gasteiger partial charge in [0.15, 0.2) is 0 Å². The highest BCUT2D eigenvalue weighted by Gasteiger charge is 2.10. The fourth-order valence-electron chi connectivity index (χ4n) is 2.56. The molecule has 0 aromatic heterocycles. The van der Waals surface area contributed by atoms with Crippen molar-refractivity contribution < 1.29 is 19.4 Å². The average Bonchev–Trinajstić information content (AvgIpc) is 2.74. The molecule has 0 saturated heterocycles. The maximum absolute atomic E-state index is 11.3. The first-order valence-electron chi connectivity index (χ1n) is 8.43. The third-order valence-corrected chi connectivity index (χ3v) is 4.09. The fourth-order valence-corrected chi connectivity index (χ4v) is 2.56. The van der Waals surface area contributed by atoms with Crippen LogP contribution in [-0.2, 0) is 6.61 Å². The second-order valence-corrected chi connectivity index (χ2v) is 5.88. The van der Waals surface area contributed by atoms with Gasteiger partial charge in [-0.05, 0) is 66.2 Å². The molecule has 0 amide bonds. The van der Waals surface area contributed by atoms with Crippen LogP contribution >= 0.6 is 0 Å². The molecule has 0 unspecified atom stereocenters. The number of benzene rings is 3. The van der Waals surface area contributed by atoms with Crippen LogP contribution in [0.15, 0.2) is 78.1 Å². The Morgan fingerprint density at radius 2 is 1.43 bits per heavy atom. The summed E-state index contributed by atoms with van der Waals surface area (Å²) in [6.07, 6.45) is 0. The van der Waals surface area contributed by atoms with Crippen molar-refractivity contribution in [3.05, 3.63) is 88.8 Å². The van der Waals surface area contributed by atoms with Crippen molar-refractivity contribution in [3.63, 3.8) is 0 Å². The number of carboxylic acids is 1. The first-order valence-corrected chi connectivity index (χ1v) is 8.43. The smallest absolute Gasteiger partial charge is 0.335 e. The molecule has 0 heterocycles. The minimum Gasteiger partial charge on any atom is -0.497 e. The Hall–Kier alpha value is -3.87. The number of aromatic carboxylic acids is 1. The van der Waals surface area contributed by atoms with Gasteiger partial charge in [-0.2, -0.15) is 5.01 Å². The van der Waals surface area contributed by atoms with E-state index in [0.29, 0.717) is 29.5 Å². The Labute approximate surface area is 161 Å². The number of carbonyl (C=O) groups is 1. The quantitative estimate of drug-likeness (QED) is 0.448. The third kappa shape index (κ3) is 4.45. The average molecular weight is 378 g/mol. The van der Waals surface area contributed by atoms with Crippen molar-refractivity contribution in [2.75, 3.05) is 12.1 Å². The normalized spacial score (nSPS) is 10.2. The summed E-state index contributed by atoms with van der Waals surface area (Å²) in [5.74, 6) is 0.342.